The standard InChI is InChI=1S/C16H26N2O/c1-11-7-12(2)14(15(19-4)13(11)3)8-18-10-16(9-17)5-6-16/h7,18H,5-6,8-10,17H2,1-4H3. The van der Waals surface area contributed by atoms with Crippen molar-refractivity contribution in [1.29, 1.82) is 0 Å². The normalized spacial score (nSPS) is 16.5. The summed E-state index contributed by atoms with van der Waals surface area (Å²) >= 11 is 0. The van der Waals surface area contributed by atoms with E-state index < -0.39 is 0 Å². The molecule has 0 radical (unpaired) electrons. The summed E-state index contributed by atoms with van der Waals surface area (Å²) in [5.41, 5.74) is 11.3. The van der Waals surface area contributed by atoms with Crippen molar-refractivity contribution in [2.45, 2.75) is 40.2 Å². The second-order valence-corrected chi connectivity index (χ2v) is 5.95. The maximum absolute atomic E-state index is 5.81. The Labute approximate surface area is 116 Å². The highest BCUT2D eigenvalue weighted by molar-refractivity contribution is 5.49. The minimum absolute atomic E-state index is 0.376. The monoisotopic (exact) mass is 262 g/mol. The van der Waals surface area contributed by atoms with Crippen molar-refractivity contribution in [2.75, 3.05) is 20.2 Å². The molecule has 1 fully saturated rings. The molecule has 1 aliphatic carbocycles. The minimum atomic E-state index is 0.376. The first-order valence-corrected chi connectivity index (χ1v) is 7.07. The van der Waals surface area contributed by atoms with E-state index in [-0.39, 0.29) is 0 Å². The maximum Gasteiger partial charge on any atom is 0.126 e. The molecule has 3 nitrogen and oxygen atoms in total. The number of rotatable bonds is 6. The van der Waals surface area contributed by atoms with Gasteiger partial charge in [0, 0.05) is 18.7 Å². The first-order chi connectivity index (χ1) is 9.03. The number of ether oxygens (including phenoxy) is 1. The Morgan fingerprint density at radius 3 is 2.47 bits per heavy atom. The topological polar surface area (TPSA) is 47.3 Å². The largest absolute Gasteiger partial charge is 0.496 e. The summed E-state index contributed by atoms with van der Waals surface area (Å²) in [5, 5.41) is 3.56. The Morgan fingerprint density at radius 1 is 1.26 bits per heavy atom. The fourth-order valence-electron chi connectivity index (χ4n) is 2.68. The molecule has 0 atom stereocenters. The number of hydrogen-bond donors (Lipinski definition) is 2. The quantitative estimate of drug-likeness (QED) is 0.828. The van der Waals surface area contributed by atoms with Gasteiger partial charge in [0.15, 0.2) is 0 Å². The number of hydrogen-bond acceptors (Lipinski definition) is 3. The Kier molecular flexibility index (Phi) is 4.16. The van der Waals surface area contributed by atoms with Crippen LogP contribution in [0.3, 0.4) is 0 Å². The maximum atomic E-state index is 5.81. The van der Waals surface area contributed by atoms with E-state index in [9.17, 15) is 0 Å². The molecule has 0 spiro atoms. The molecular weight excluding hydrogens is 236 g/mol. The van der Waals surface area contributed by atoms with Crippen molar-refractivity contribution in [3.63, 3.8) is 0 Å². The number of nitrogens with two attached hydrogens (primary N) is 1. The van der Waals surface area contributed by atoms with Gasteiger partial charge in [-0.05, 0) is 62.3 Å². The summed E-state index contributed by atoms with van der Waals surface area (Å²) in [4.78, 5) is 0. The van der Waals surface area contributed by atoms with Gasteiger partial charge in [0.2, 0.25) is 0 Å². The van der Waals surface area contributed by atoms with Gasteiger partial charge in [0.25, 0.3) is 0 Å². The van der Waals surface area contributed by atoms with E-state index in [0.29, 0.717) is 5.41 Å². The summed E-state index contributed by atoms with van der Waals surface area (Å²) in [6.07, 6.45) is 2.53. The molecule has 1 aliphatic rings. The molecule has 0 unspecified atom stereocenters. The molecule has 19 heavy (non-hydrogen) atoms. The van der Waals surface area contributed by atoms with E-state index >= 15 is 0 Å². The molecule has 2 rings (SSSR count). The lowest BCUT2D eigenvalue weighted by molar-refractivity contribution is 0.400. The summed E-state index contributed by atoms with van der Waals surface area (Å²) in [6, 6.07) is 2.24. The lowest BCUT2D eigenvalue weighted by atomic mass is 9.98. The zero-order chi connectivity index (χ0) is 14.0. The predicted octanol–water partition coefficient (Wildman–Crippen LogP) is 2.45. The number of aryl methyl sites for hydroxylation is 2. The van der Waals surface area contributed by atoms with Crippen molar-refractivity contribution in [2.24, 2.45) is 11.1 Å². The van der Waals surface area contributed by atoms with Crippen LogP contribution in [0, 0.1) is 26.2 Å². The molecule has 0 amide bonds. The van der Waals surface area contributed by atoms with Crippen molar-refractivity contribution < 1.29 is 4.74 Å². The third kappa shape index (κ3) is 2.93. The summed E-state index contributed by atoms with van der Waals surface area (Å²) in [6.45, 7) is 9.08. The van der Waals surface area contributed by atoms with Crippen LogP contribution >= 0.6 is 0 Å². The van der Waals surface area contributed by atoms with Gasteiger partial charge in [0.1, 0.15) is 5.75 Å². The summed E-state index contributed by atoms with van der Waals surface area (Å²) in [5.74, 6) is 1.03. The SMILES string of the molecule is COc1c(C)c(C)cc(C)c1CNCC1(CN)CC1. The fraction of sp³-hybridized carbons (Fsp3) is 0.625. The predicted molar refractivity (Wildman–Crippen MR) is 79.6 cm³/mol. The van der Waals surface area contributed by atoms with Gasteiger partial charge in [-0.25, -0.2) is 0 Å². The summed E-state index contributed by atoms with van der Waals surface area (Å²) in [7, 11) is 1.76. The average molecular weight is 262 g/mol. The molecule has 0 aliphatic heterocycles. The molecule has 0 heterocycles. The van der Waals surface area contributed by atoms with Crippen LogP contribution in [-0.4, -0.2) is 20.2 Å². The van der Waals surface area contributed by atoms with Gasteiger partial charge in [-0.15, -0.1) is 0 Å². The Balaban J connectivity index is 2.09. The van der Waals surface area contributed by atoms with Crippen LogP contribution in [0.2, 0.25) is 0 Å². The zero-order valence-electron chi connectivity index (χ0n) is 12.6. The van der Waals surface area contributed by atoms with Crippen LogP contribution < -0.4 is 15.8 Å². The highest BCUT2D eigenvalue weighted by Crippen LogP contribution is 2.43. The van der Waals surface area contributed by atoms with Crippen LogP contribution in [0.1, 0.15) is 35.1 Å². The second kappa shape index (κ2) is 5.51. The van der Waals surface area contributed by atoms with Gasteiger partial charge >= 0.3 is 0 Å². The first-order valence-electron chi connectivity index (χ1n) is 7.07. The molecule has 0 bridgehead atoms. The van der Waals surface area contributed by atoms with Gasteiger partial charge in [0.05, 0.1) is 7.11 Å². The van der Waals surface area contributed by atoms with Crippen LogP contribution in [0.15, 0.2) is 6.07 Å². The third-order valence-electron chi connectivity index (χ3n) is 4.51. The number of benzene rings is 1. The van der Waals surface area contributed by atoms with Crippen LogP contribution in [0.5, 0.6) is 5.75 Å². The second-order valence-electron chi connectivity index (χ2n) is 5.95. The molecule has 1 saturated carbocycles. The molecule has 0 saturated heterocycles. The lowest BCUT2D eigenvalue weighted by Crippen LogP contribution is -2.29. The Bertz CT molecular complexity index is 464. The van der Waals surface area contributed by atoms with E-state index in [4.69, 9.17) is 10.5 Å². The van der Waals surface area contributed by atoms with Crippen molar-refractivity contribution in [1.82, 2.24) is 5.32 Å². The lowest BCUT2D eigenvalue weighted by Gasteiger charge is -2.19. The van der Waals surface area contributed by atoms with Crippen molar-refractivity contribution in [3.8, 4) is 5.75 Å². The van der Waals surface area contributed by atoms with Gasteiger partial charge < -0.3 is 15.8 Å². The van der Waals surface area contributed by atoms with E-state index in [1.807, 2.05) is 0 Å². The molecular formula is C16H26N2O. The zero-order valence-corrected chi connectivity index (χ0v) is 12.6. The number of nitrogens with one attached hydrogen (secondary N) is 1. The van der Waals surface area contributed by atoms with Crippen LogP contribution in [0.25, 0.3) is 0 Å². The first kappa shape index (κ1) is 14.4. The smallest absolute Gasteiger partial charge is 0.126 e. The summed E-state index contributed by atoms with van der Waals surface area (Å²) < 4.78 is 5.60. The van der Waals surface area contributed by atoms with E-state index in [1.54, 1.807) is 7.11 Å². The molecule has 3 N–H and O–H groups in total. The Hall–Kier alpha value is -1.06. The van der Waals surface area contributed by atoms with E-state index in [1.165, 1.54) is 35.1 Å². The molecule has 106 valence electrons. The molecule has 0 aromatic heterocycles. The minimum Gasteiger partial charge on any atom is -0.496 e. The van der Waals surface area contributed by atoms with Gasteiger partial charge in [-0.3, -0.25) is 0 Å². The highest BCUT2D eigenvalue weighted by Gasteiger charge is 2.40. The average Bonchev–Trinajstić information content (AvgIpc) is 3.16. The number of methoxy groups -OCH3 is 1. The van der Waals surface area contributed by atoms with Crippen LogP contribution in [-0.2, 0) is 6.54 Å². The van der Waals surface area contributed by atoms with Gasteiger partial charge in [-0.2, -0.15) is 0 Å². The van der Waals surface area contributed by atoms with E-state index in [0.717, 1.165) is 25.4 Å². The van der Waals surface area contributed by atoms with Crippen molar-refractivity contribution >= 4 is 0 Å². The van der Waals surface area contributed by atoms with Gasteiger partial charge in [-0.1, -0.05) is 6.07 Å². The highest BCUT2D eigenvalue weighted by atomic mass is 16.5. The molecule has 1 aromatic rings. The molecule has 1 aromatic carbocycles. The van der Waals surface area contributed by atoms with Crippen molar-refractivity contribution in [3.05, 3.63) is 28.3 Å². The molecule has 3 heteroatoms. The Morgan fingerprint density at radius 2 is 1.95 bits per heavy atom. The fourth-order valence-corrected chi connectivity index (χ4v) is 2.68. The van der Waals surface area contributed by atoms with E-state index in [2.05, 4.69) is 32.2 Å². The third-order valence-corrected chi connectivity index (χ3v) is 4.51. The van der Waals surface area contributed by atoms with Crippen LogP contribution in [0.4, 0.5) is 0 Å².